The first-order valence-corrected chi connectivity index (χ1v) is 12.7. The molecular formula is C30H31ClFNO3. The molecule has 0 saturated heterocycles. The lowest BCUT2D eigenvalue weighted by Gasteiger charge is -2.49. The minimum absolute atomic E-state index is 0.0366. The summed E-state index contributed by atoms with van der Waals surface area (Å²) in [5.74, 6) is -0.0992. The van der Waals surface area contributed by atoms with Crippen LogP contribution in [0.2, 0.25) is 5.02 Å². The van der Waals surface area contributed by atoms with Gasteiger partial charge in [0.05, 0.1) is 17.8 Å². The number of carbonyl (C=O) groups is 2. The summed E-state index contributed by atoms with van der Waals surface area (Å²) in [7, 11) is 1.61. The average Bonchev–Trinajstić information content (AvgIpc) is 2.77. The number of anilines is 1. The predicted octanol–water partition coefficient (Wildman–Crippen LogP) is 7.38. The smallest absolute Gasteiger partial charge is 0.162 e. The Hall–Kier alpha value is -2.92. The summed E-state index contributed by atoms with van der Waals surface area (Å²) in [5, 5.41) is 0.253. The van der Waals surface area contributed by atoms with E-state index in [1.54, 1.807) is 13.2 Å². The summed E-state index contributed by atoms with van der Waals surface area (Å²) < 4.78 is 19.4. The Bertz CT molecular complexity index is 1280. The number of rotatable bonds is 3. The summed E-state index contributed by atoms with van der Waals surface area (Å²) >= 11 is 6.62. The van der Waals surface area contributed by atoms with E-state index in [1.165, 1.54) is 12.1 Å². The van der Waals surface area contributed by atoms with Gasteiger partial charge in [-0.3, -0.25) is 9.59 Å². The Morgan fingerprint density at radius 2 is 1.39 bits per heavy atom. The fourth-order valence-electron chi connectivity index (χ4n) is 6.05. The van der Waals surface area contributed by atoms with Crippen molar-refractivity contribution in [1.82, 2.24) is 0 Å². The van der Waals surface area contributed by atoms with Gasteiger partial charge in [0.15, 0.2) is 11.6 Å². The average molecular weight is 508 g/mol. The summed E-state index contributed by atoms with van der Waals surface area (Å²) in [5.41, 5.74) is 3.96. The first-order chi connectivity index (χ1) is 16.9. The van der Waals surface area contributed by atoms with Crippen molar-refractivity contribution in [2.45, 2.75) is 59.3 Å². The monoisotopic (exact) mass is 507 g/mol. The van der Waals surface area contributed by atoms with Crippen LogP contribution in [0.5, 0.6) is 5.75 Å². The SMILES string of the molecule is COc1ccc(C2C3=C(CC(C)(C)CC3=O)N(c3ccc(F)cc3Cl)C3=C2C(=O)CC(C)(C)C3)cc1. The van der Waals surface area contributed by atoms with Crippen LogP contribution in [0.4, 0.5) is 10.1 Å². The Labute approximate surface area is 216 Å². The fourth-order valence-corrected chi connectivity index (χ4v) is 6.30. The van der Waals surface area contributed by atoms with Gasteiger partial charge in [-0.2, -0.15) is 0 Å². The number of benzene rings is 2. The van der Waals surface area contributed by atoms with Crippen molar-refractivity contribution in [3.8, 4) is 5.75 Å². The number of methoxy groups -OCH3 is 1. The van der Waals surface area contributed by atoms with Crippen molar-refractivity contribution in [3.63, 3.8) is 0 Å². The largest absolute Gasteiger partial charge is 0.497 e. The molecule has 2 aliphatic carbocycles. The molecule has 0 radical (unpaired) electrons. The summed E-state index contributed by atoms with van der Waals surface area (Å²) in [6, 6.07) is 11.9. The van der Waals surface area contributed by atoms with Crippen LogP contribution in [0.1, 0.15) is 64.9 Å². The fraction of sp³-hybridized carbons (Fsp3) is 0.400. The van der Waals surface area contributed by atoms with E-state index in [-0.39, 0.29) is 27.4 Å². The molecule has 1 aliphatic heterocycles. The molecule has 0 bridgehead atoms. The third-order valence-corrected chi connectivity index (χ3v) is 7.81. The maximum atomic E-state index is 14.1. The molecule has 0 atom stereocenters. The zero-order chi connectivity index (χ0) is 26.0. The van der Waals surface area contributed by atoms with Crippen LogP contribution >= 0.6 is 11.6 Å². The molecule has 0 unspecified atom stereocenters. The highest BCUT2D eigenvalue weighted by Crippen LogP contribution is 2.56. The minimum Gasteiger partial charge on any atom is -0.497 e. The number of allylic oxidation sites excluding steroid dienone is 4. The highest BCUT2D eigenvalue weighted by molar-refractivity contribution is 6.33. The summed E-state index contributed by atoms with van der Waals surface area (Å²) in [4.78, 5) is 29.7. The second-order valence-electron chi connectivity index (χ2n) is 11.7. The van der Waals surface area contributed by atoms with Crippen LogP contribution in [-0.4, -0.2) is 18.7 Å². The van der Waals surface area contributed by atoms with E-state index in [9.17, 15) is 14.0 Å². The molecule has 0 saturated carbocycles. The normalized spacial score (nSPS) is 21.5. The topological polar surface area (TPSA) is 46.6 Å². The van der Waals surface area contributed by atoms with Crippen LogP contribution in [-0.2, 0) is 9.59 Å². The van der Waals surface area contributed by atoms with Gasteiger partial charge in [0.1, 0.15) is 11.6 Å². The van der Waals surface area contributed by atoms with E-state index < -0.39 is 11.7 Å². The van der Waals surface area contributed by atoms with Gasteiger partial charge in [0.2, 0.25) is 0 Å². The van der Waals surface area contributed by atoms with Gasteiger partial charge in [0.25, 0.3) is 0 Å². The van der Waals surface area contributed by atoms with E-state index >= 15 is 0 Å². The van der Waals surface area contributed by atoms with E-state index in [0.29, 0.717) is 48.3 Å². The van der Waals surface area contributed by atoms with Crippen LogP contribution in [0.3, 0.4) is 0 Å². The van der Waals surface area contributed by atoms with Gasteiger partial charge in [-0.1, -0.05) is 51.4 Å². The molecule has 2 aromatic rings. The molecule has 6 heteroatoms. The summed E-state index contributed by atoms with van der Waals surface area (Å²) in [6.07, 6.45) is 2.07. The first-order valence-electron chi connectivity index (χ1n) is 12.3. The van der Waals surface area contributed by atoms with Crippen molar-refractivity contribution >= 4 is 28.9 Å². The number of hydrogen-bond donors (Lipinski definition) is 0. The lowest BCUT2D eigenvalue weighted by Crippen LogP contribution is -2.44. The maximum Gasteiger partial charge on any atom is 0.162 e. The number of ketones is 2. The molecule has 0 aromatic heterocycles. The predicted molar refractivity (Wildman–Crippen MR) is 140 cm³/mol. The van der Waals surface area contributed by atoms with Crippen molar-refractivity contribution in [1.29, 1.82) is 0 Å². The zero-order valence-corrected chi connectivity index (χ0v) is 22.1. The number of hydrogen-bond acceptors (Lipinski definition) is 4. The molecule has 2 aromatic carbocycles. The Balaban J connectivity index is 1.83. The third-order valence-electron chi connectivity index (χ3n) is 7.51. The number of nitrogens with zero attached hydrogens (tertiary/aromatic N) is 1. The number of halogens is 2. The van der Waals surface area contributed by atoms with E-state index in [4.69, 9.17) is 16.3 Å². The lowest BCUT2D eigenvalue weighted by molar-refractivity contribution is -0.119. The molecular weight excluding hydrogens is 477 g/mol. The Morgan fingerprint density at radius 3 is 1.86 bits per heavy atom. The molecule has 188 valence electrons. The van der Waals surface area contributed by atoms with Crippen LogP contribution in [0.15, 0.2) is 65.0 Å². The molecule has 4 nitrogen and oxygen atoms in total. The Morgan fingerprint density at radius 1 is 0.861 bits per heavy atom. The number of carbonyl (C=O) groups excluding carboxylic acids is 2. The van der Waals surface area contributed by atoms with E-state index in [2.05, 4.69) is 27.7 Å². The third kappa shape index (κ3) is 4.17. The molecule has 0 spiro atoms. The zero-order valence-electron chi connectivity index (χ0n) is 21.4. The van der Waals surface area contributed by atoms with Gasteiger partial charge >= 0.3 is 0 Å². The van der Waals surface area contributed by atoms with Crippen molar-refractivity contribution in [2.75, 3.05) is 12.0 Å². The van der Waals surface area contributed by atoms with Crippen LogP contribution in [0, 0.1) is 16.6 Å². The van der Waals surface area contributed by atoms with Crippen molar-refractivity contribution < 1.29 is 18.7 Å². The summed E-state index contributed by atoms with van der Waals surface area (Å²) in [6.45, 7) is 8.34. The van der Waals surface area contributed by atoms with Crippen molar-refractivity contribution in [2.24, 2.45) is 10.8 Å². The first kappa shape index (κ1) is 24.8. The van der Waals surface area contributed by atoms with Gasteiger partial charge in [0, 0.05) is 41.3 Å². The lowest BCUT2D eigenvalue weighted by atomic mass is 9.63. The molecule has 0 amide bonds. The molecule has 0 N–H and O–H groups in total. The number of Topliss-reactive ketones (excluding diaryl/α,β-unsaturated/α-hetero) is 2. The Kier molecular flexibility index (Phi) is 5.90. The minimum atomic E-state index is -0.455. The van der Waals surface area contributed by atoms with E-state index in [1.807, 2.05) is 29.2 Å². The highest BCUT2D eigenvalue weighted by Gasteiger charge is 2.49. The molecule has 1 heterocycles. The molecule has 36 heavy (non-hydrogen) atoms. The van der Waals surface area contributed by atoms with E-state index in [0.717, 1.165) is 17.0 Å². The van der Waals surface area contributed by atoms with Crippen LogP contribution < -0.4 is 9.64 Å². The van der Waals surface area contributed by atoms with Gasteiger partial charge in [-0.15, -0.1) is 0 Å². The highest BCUT2D eigenvalue weighted by atomic mass is 35.5. The van der Waals surface area contributed by atoms with Gasteiger partial charge in [-0.25, -0.2) is 4.39 Å². The standard InChI is InChI=1S/C30H31ClFNO3/c1-29(2)13-22-27(24(34)15-29)26(17-6-9-19(36-5)10-7-17)28-23(14-30(3,4)16-25(28)35)33(22)21-11-8-18(32)12-20(21)31/h6-12,26H,13-16H2,1-5H3. The van der Waals surface area contributed by atoms with Gasteiger partial charge in [-0.05, 0) is 59.6 Å². The molecule has 0 fully saturated rings. The quantitative estimate of drug-likeness (QED) is 0.435. The number of ether oxygens (including phenoxy) is 1. The second-order valence-corrected chi connectivity index (χ2v) is 12.1. The van der Waals surface area contributed by atoms with Gasteiger partial charge < -0.3 is 9.64 Å². The van der Waals surface area contributed by atoms with Crippen molar-refractivity contribution in [3.05, 3.63) is 81.4 Å². The molecule has 5 rings (SSSR count). The molecule has 3 aliphatic rings. The maximum absolute atomic E-state index is 14.1. The van der Waals surface area contributed by atoms with Crippen LogP contribution in [0.25, 0.3) is 0 Å². The second kappa shape index (κ2) is 8.58.